The van der Waals surface area contributed by atoms with Gasteiger partial charge in [-0.1, -0.05) is 6.07 Å². The minimum Gasteiger partial charge on any atom is -0.374 e. The van der Waals surface area contributed by atoms with Crippen LogP contribution in [0, 0.1) is 0 Å². The van der Waals surface area contributed by atoms with Crippen molar-refractivity contribution >= 4 is 5.91 Å². The third kappa shape index (κ3) is 2.35. The van der Waals surface area contributed by atoms with Crippen LogP contribution in [0.3, 0.4) is 0 Å². The zero-order valence-electron chi connectivity index (χ0n) is 10.9. The van der Waals surface area contributed by atoms with Gasteiger partial charge < -0.3 is 15.4 Å². The van der Waals surface area contributed by atoms with Gasteiger partial charge in [-0.05, 0) is 30.9 Å². The predicted molar refractivity (Wildman–Crippen MR) is 70.5 cm³/mol. The normalized spacial score (nSPS) is 26.3. The standard InChI is InChI=1S/C14H19N3O2/c15-8-10-4-5-11(16-9-10)14(18)17-6-7-19-13-3-1-2-12(13)17/h4-5,9,12-13H,1-3,6-8,15H2. The van der Waals surface area contributed by atoms with Crippen LogP contribution in [0.5, 0.6) is 0 Å². The molecule has 2 N–H and O–H groups in total. The highest BCUT2D eigenvalue weighted by atomic mass is 16.5. The fourth-order valence-corrected chi connectivity index (χ4v) is 3.00. The molecular formula is C14H19N3O2. The Morgan fingerprint density at radius 2 is 2.37 bits per heavy atom. The molecule has 2 aliphatic rings. The van der Waals surface area contributed by atoms with Crippen LogP contribution in [0.2, 0.25) is 0 Å². The number of pyridine rings is 1. The fourth-order valence-electron chi connectivity index (χ4n) is 3.00. The Labute approximate surface area is 112 Å². The van der Waals surface area contributed by atoms with Crippen LogP contribution in [0.1, 0.15) is 35.3 Å². The van der Waals surface area contributed by atoms with Crippen molar-refractivity contribution in [2.45, 2.75) is 38.0 Å². The number of carbonyl (C=O) groups is 1. The van der Waals surface area contributed by atoms with E-state index in [9.17, 15) is 4.79 Å². The first kappa shape index (κ1) is 12.6. The second-order valence-corrected chi connectivity index (χ2v) is 5.16. The number of fused-ring (bicyclic) bond motifs is 1. The van der Waals surface area contributed by atoms with Crippen LogP contribution in [-0.4, -0.2) is 41.1 Å². The maximum Gasteiger partial charge on any atom is 0.272 e. The molecule has 19 heavy (non-hydrogen) atoms. The van der Waals surface area contributed by atoms with Gasteiger partial charge in [-0.3, -0.25) is 9.78 Å². The molecule has 1 amide bonds. The van der Waals surface area contributed by atoms with Crippen LogP contribution in [0.4, 0.5) is 0 Å². The molecule has 3 rings (SSSR count). The highest BCUT2D eigenvalue weighted by Crippen LogP contribution is 2.30. The number of hydrogen-bond acceptors (Lipinski definition) is 4. The minimum absolute atomic E-state index is 0.0174. The van der Waals surface area contributed by atoms with E-state index in [1.165, 1.54) is 0 Å². The van der Waals surface area contributed by atoms with Crippen molar-refractivity contribution < 1.29 is 9.53 Å². The quantitative estimate of drug-likeness (QED) is 0.860. The van der Waals surface area contributed by atoms with E-state index in [0.29, 0.717) is 25.4 Å². The molecule has 1 saturated heterocycles. The van der Waals surface area contributed by atoms with Crippen molar-refractivity contribution in [3.63, 3.8) is 0 Å². The van der Waals surface area contributed by atoms with Gasteiger partial charge in [0.05, 0.1) is 18.8 Å². The van der Waals surface area contributed by atoms with E-state index in [-0.39, 0.29) is 18.1 Å². The average Bonchev–Trinajstić information content (AvgIpc) is 2.95. The van der Waals surface area contributed by atoms with Gasteiger partial charge in [0, 0.05) is 19.3 Å². The fraction of sp³-hybridized carbons (Fsp3) is 0.571. The molecule has 0 aromatic carbocycles. The van der Waals surface area contributed by atoms with E-state index < -0.39 is 0 Å². The van der Waals surface area contributed by atoms with Gasteiger partial charge in [-0.15, -0.1) is 0 Å². The number of ether oxygens (including phenoxy) is 1. The molecule has 0 spiro atoms. The first-order valence-electron chi connectivity index (χ1n) is 6.87. The average molecular weight is 261 g/mol. The summed E-state index contributed by atoms with van der Waals surface area (Å²) in [6.45, 7) is 1.75. The van der Waals surface area contributed by atoms with Crippen molar-refractivity contribution in [1.82, 2.24) is 9.88 Å². The molecule has 1 aromatic rings. The Kier molecular flexibility index (Phi) is 3.48. The Balaban J connectivity index is 1.78. The molecule has 102 valence electrons. The SMILES string of the molecule is NCc1ccc(C(=O)N2CCOC3CCCC32)nc1. The second kappa shape index (κ2) is 5.27. The molecule has 2 heterocycles. The zero-order valence-corrected chi connectivity index (χ0v) is 10.9. The number of nitrogens with two attached hydrogens (primary N) is 1. The monoisotopic (exact) mass is 261 g/mol. The molecular weight excluding hydrogens is 242 g/mol. The number of carbonyl (C=O) groups excluding carboxylic acids is 1. The Morgan fingerprint density at radius 3 is 3.11 bits per heavy atom. The lowest BCUT2D eigenvalue weighted by Gasteiger charge is -2.37. The molecule has 2 fully saturated rings. The van der Waals surface area contributed by atoms with E-state index in [2.05, 4.69) is 4.98 Å². The first-order valence-corrected chi connectivity index (χ1v) is 6.87. The van der Waals surface area contributed by atoms with Gasteiger partial charge >= 0.3 is 0 Å². The molecule has 0 bridgehead atoms. The van der Waals surface area contributed by atoms with E-state index in [1.54, 1.807) is 12.3 Å². The van der Waals surface area contributed by atoms with E-state index in [4.69, 9.17) is 10.5 Å². The number of amides is 1. The molecule has 1 saturated carbocycles. The highest BCUT2D eigenvalue weighted by molar-refractivity contribution is 5.92. The largest absolute Gasteiger partial charge is 0.374 e. The van der Waals surface area contributed by atoms with Crippen LogP contribution in [0.25, 0.3) is 0 Å². The molecule has 5 heteroatoms. The molecule has 5 nitrogen and oxygen atoms in total. The summed E-state index contributed by atoms with van der Waals surface area (Å²) in [6.07, 6.45) is 5.14. The van der Waals surface area contributed by atoms with Crippen LogP contribution in [-0.2, 0) is 11.3 Å². The van der Waals surface area contributed by atoms with Crippen molar-refractivity contribution in [3.05, 3.63) is 29.6 Å². The lowest BCUT2D eigenvalue weighted by atomic mass is 10.1. The third-order valence-electron chi connectivity index (χ3n) is 4.02. The van der Waals surface area contributed by atoms with Crippen molar-refractivity contribution in [2.75, 3.05) is 13.2 Å². The number of nitrogens with zero attached hydrogens (tertiary/aromatic N) is 2. The first-order chi connectivity index (χ1) is 9.29. The Morgan fingerprint density at radius 1 is 1.47 bits per heavy atom. The molecule has 1 aliphatic heterocycles. The van der Waals surface area contributed by atoms with E-state index >= 15 is 0 Å². The minimum atomic E-state index is 0.0174. The number of hydrogen-bond donors (Lipinski definition) is 1. The predicted octanol–water partition coefficient (Wildman–Crippen LogP) is 0.934. The van der Waals surface area contributed by atoms with Gasteiger partial charge in [0.15, 0.2) is 0 Å². The van der Waals surface area contributed by atoms with Crippen LogP contribution in [0.15, 0.2) is 18.3 Å². The Hall–Kier alpha value is -1.46. The van der Waals surface area contributed by atoms with Crippen LogP contribution < -0.4 is 5.73 Å². The summed E-state index contributed by atoms with van der Waals surface area (Å²) in [6, 6.07) is 3.87. The molecule has 0 radical (unpaired) electrons. The zero-order chi connectivity index (χ0) is 13.2. The molecule has 1 aromatic heterocycles. The third-order valence-corrected chi connectivity index (χ3v) is 4.02. The van der Waals surface area contributed by atoms with Crippen LogP contribution >= 0.6 is 0 Å². The van der Waals surface area contributed by atoms with Gasteiger partial charge in [0.2, 0.25) is 0 Å². The molecule has 2 unspecified atom stereocenters. The van der Waals surface area contributed by atoms with Gasteiger partial charge in [-0.2, -0.15) is 0 Å². The van der Waals surface area contributed by atoms with Gasteiger partial charge in [0.1, 0.15) is 5.69 Å². The number of morpholine rings is 1. The summed E-state index contributed by atoms with van der Waals surface area (Å²) in [5.74, 6) is 0.0174. The lowest BCUT2D eigenvalue weighted by Crippen LogP contribution is -2.51. The maximum absolute atomic E-state index is 12.5. The molecule has 1 aliphatic carbocycles. The summed E-state index contributed by atoms with van der Waals surface area (Å²) in [5.41, 5.74) is 6.98. The summed E-state index contributed by atoms with van der Waals surface area (Å²) in [4.78, 5) is 18.7. The number of aromatic nitrogens is 1. The van der Waals surface area contributed by atoms with Crippen molar-refractivity contribution in [1.29, 1.82) is 0 Å². The second-order valence-electron chi connectivity index (χ2n) is 5.16. The number of rotatable bonds is 2. The summed E-state index contributed by atoms with van der Waals surface area (Å²) >= 11 is 0. The Bertz CT molecular complexity index is 460. The van der Waals surface area contributed by atoms with Crippen molar-refractivity contribution in [3.8, 4) is 0 Å². The van der Waals surface area contributed by atoms with Gasteiger partial charge in [-0.25, -0.2) is 0 Å². The van der Waals surface area contributed by atoms with Crippen molar-refractivity contribution in [2.24, 2.45) is 5.73 Å². The van der Waals surface area contributed by atoms with E-state index in [0.717, 1.165) is 24.8 Å². The lowest BCUT2D eigenvalue weighted by molar-refractivity contribution is -0.0447. The highest BCUT2D eigenvalue weighted by Gasteiger charge is 2.38. The summed E-state index contributed by atoms with van der Waals surface area (Å²) in [7, 11) is 0. The van der Waals surface area contributed by atoms with Gasteiger partial charge in [0.25, 0.3) is 5.91 Å². The van der Waals surface area contributed by atoms with E-state index in [1.807, 2.05) is 11.0 Å². The smallest absolute Gasteiger partial charge is 0.272 e. The summed E-state index contributed by atoms with van der Waals surface area (Å²) < 4.78 is 5.72. The maximum atomic E-state index is 12.5. The summed E-state index contributed by atoms with van der Waals surface area (Å²) in [5, 5.41) is 0. The topological polar surface area (TPSA) is 68.5 Å². The molecule has 2 atom stereocenters.